The van der Waals surface area contributed by atoms with E-state index in [1.165, 1.54) is 99.1 Å². The predicted octanol–water partition coefficient (Wildman–Crippen LogP) is 18.1. The predicted molar refractivity (Wildman–Crippen MR) is 291 cm³/mol. The zero-order chi connectivity index (χ0) is 45.4. The minimum atomic E-state index is 0.925. The zero-order valence-corrected chi connectivity index (χ0v) is 37.6. The SMILES string of the molecule is c1ccc(-n2c(-c3ccc(-c4ccc5c(-c6ccc7c(c6)-c6ccccc6-c6ccccc6-c6ccccc6-7)c6ccccc6c(-c6ccc7ccccc7c6)c5c4)cc3)nc3ccccc32)cc1. The summed E-state index contributed by atoms with van der Waals surface area (Å²) < 4.78 is 2.27. The normalized spacial score (nSPS) is 11.8. The first kappa shape index (κ1) is 39.1. The van der Waals surface area contributed by atoms with Crippen LogP contribution in [-0.2, 0) is 0 Å². The highest BCUT2D eigenvalue weighted by Crippen LogP contribution is 2.51. The monoisotopic (exact) mass is 874 g/mol. The summed E-state index contributed by atoms with van der Waals surface area (Å²) in [6.45, 7) is 0. The van der Waals surface area contributed by atoms with Crippen LogP contribution in [0.4, 0.5) is 0 Å². The summed E-state index contributed by atoms with van der Waals surface area (Å²) in [5, 5.41) is 7.37. The first-order valence-electron chi connectivity index (χ1n) is 23.8. The molecule has 2 nitrogen and oxygen atoms in total. The van der Waals surface area contributed by atoms with Crippen molar-refractivity contribution in [3.05, 3.63) is 255 Å². The molecule has 0 fully saturated rings. The Kier molecular flexibility index (Phi) is 8.93. The van der Waals surface area contributed by atoms with Crippen LogP contribution in [0.2, 0.25) is 0 Å². The van der Waals surface area contributed by atoms with Crippen LogP contribution >= 0.6 is 0 Å². The molecule has 0 spiro atoms. The van der Waals surface area contributed by atoms with Crippen molar-refractivity contribution in [3.8, 4) is 95.0 Å². The van der Waals surface area contributed by atoms with Crippen molar-refractivity contribution in [2.45, 2.75) is 0 Å². The van der Waals surface area contributed by atoms with Crippen LogP contribution < -0.4 is 0 Å². The summed E-state index contributed by atoms with van der Waals surface area (Å²) in [5.74, 6) is 0.925. The quantitative estimate of drug-likeness (QED) is 0.158. The van der Waals surface area contributed by atoms with E-state index in [2.05, 4.69) is 259 Å². The van der Waals surface area contributed by atoms with Gasteiger partial charge in [-0.3, -0.25) is 4.57 Å². The van der Waals surface area contributed by atoms with E-state index in [1.54, 1.807) is 0 Å². The Labute approximate surface area is 400 Å². The maximum atomic E-state index is 5.17. The largest absolute Gasteiger partial charge is 0.292 e. The van der Waals surface area contributed by atoms with Crippen molar-refractivity contribution in [1.29, 1.82) is 0 Å². The van der Waals surface area contributed by atoms with Crippen LogP contribution in [-0.4, -0.2) is 9.55 Å². The number of imidazole rings is 1. The molecule has 0 unspecified atom stereocenters. The third-order valence-electron chi connectivity index (χ3n) is 14.4. The second-order valence-electron chi connectivity index (χ2n) is 18.2. The summed E-state index contributed by atoms with van der Waals surface area (Å²) in [7, 11) is 0. The summed E-state index contributed by atoms with van der Waals surface area (Å²) in [6.07, 6.45) is 0. The van der Waals surface area contributed by atoms with Gasteiger partial charge in [0.2, 0.25) is 0 Å². The number of hydrogen-bond acceptors (Lipinski definition) is 1. The first-order chi connectivity index (χ1) is 34.2. The highest BCUT2D eigenvalue weighted by molar-refractivity contribution is 6.23. The summed E-state index contributed by atoms with van der Waals surface area (Å²) >= 11 is 0. The van der Waals surface area contributed by atoms with Crippen LogP contribution in [0.3, 0.4) is 0 Å². The van der Waals surface area contributed by atoms with Crippen molar-refractivity contribution in [3.63, 3.8) is 0 Å². The number of benzene rings is 12. The maximum Gasteiger partial charge on any atom is 0.145 e. The second kappa shape index (κ2) is 15.8. The van der Waals surface area contributed by atoms with Crippen molar-refractivity contribution in [2.24, 2.45) is 0 Å². The van der Waals surface area contributed by atoms with Crippen molar-refractivity contribution < 1.29 is 0 Å². The molecular weight excluding hydrogens is 833 g/mol. The molecular formula is C67H42N2. The van der Waals surface area contributed by atoms with Crippen molar-refractivity contribution in [2.75, 3.05) is 0 Å². The van der Waals surface area contributed by atoms with Crippen LogP contribution in [0.1, 0.15) is 0 Å². The van der Waals surface area contributed by atoms with Crippen LogP contribution in [0.5, 0.6) is 0 Å². The third kappa shape index (κ3) is 6.30. The molecule has 0 N–H and O–H groups in total. The Balaban J connectivity index is 0.992. The highest BCUT2D eigenvalue weighted by atomic mass is 15.1. The van der Waals surface area contributed by atoms with Crippen LogP contribution in [0.15, 0.2) is 255 Å². The molecule has 1 heterocycles. The van der Waals surface area contributed by atoms with E-state index in [0.717, 1.165) is 39.2 Å². The van der Waals surface area contributed by atoms with Gasteiger partial charge in [-0.15, -0.1) is 0 Å². The zero-order valence-electron chi connectivity index (χ0n) is 37.6. The Morgan fingerprint density at radius 3 is 1.41 bits per heavy atom. The van der Waals surface area contributed by atoms with E-state index < -0.39 is 0 Å². The lowest BCUT2D eigenvalue weighted by Gasteiger charge is -2.24. The molecule has 0 atom stereocenters. The van der Waals surface area contributed by atoms with Gasteiger partial charge >= 0.3 is 0 Å². The molecule has 1 aromatic heterocycles. The molecule has 0 saturated heterocycles. The van der Waals surface area contributed by atoms with Gasteiger partial charge in [-0.2, -0.15) is 0 Å². The number of fused-ring (bicyclic) bond motifs is 12. The number of nitrogens with zero attached hydrogens (tertiary/aromatic N) is 2. The van der Waals surface area contributed by atoms with Gasteiger partial charge in [-0.25, -0.2) is 4.98 Å². The van der Waals surface area contributed by atoms with Gasteiger partial charge < -0.3 is 0 Å². The fourth-order valence-electron chi connectivity index (χ4n) is 11.2. The van der Waals surface area contributed by atoms with Gasteiger partial charge in [0.05, 0.1) is 11.0 Å². The standard InChI is InChI=1S/C67H42N2/c1-2-18-50(19-3-1)69-64-29-15-14-28-63(64)68-67(69)45-33-30-44(31-34-45)47-36-39-60-62(41-47)66(48-35-32-43-16-4-5-17-46(43)40-48)59-27-13-12-26-58(59)65(60)49-37-38-57-55-24-9-8-22-53(55)51-20-6-7-21-52(51)54-23-10-11-25-56(54)61(57)42-49/h1-42H. The minimum absolute atomic E-state index is 0.925. The molecule has 1 aliphatic rings. The molecule has 69 heavy (non-hydrogen) atoms. The van der Waals surface area contributed by atoms with E-state index in [-0.39, 0.29) is 0 Å². The van der Waals surface area contributed by atoms with Gasteiger partial charge in [0.15, 0.2) is 0 Å². The van der Waals surface area contributed by atoms with Crippen LogP contribution in [0.25, 0.3) is 138 Å². The topological polar surface area (TPSA) is 17.8 Å². The Morgan fingerprint density at radius 1 is 0.261 bits per heavy atom. The lowest BCUT2D eigenvalue weighted by Crippen LogP contribution is -1.98. The number of hydrogen-bond donors (Lipinski definition) is 0. The molecule has 2 heteroatoms. The summed E-state index contributed by atoms with van der Waals surface area (Å²) in [5.41, 5.74) is 21.4. The Hall–Kier alpha value is -9.11. The Bertz CT molecular complexity index is 4170. The molecule has 0 saturated carbocycles. The molecule has 320 valence electrons. The smallest absolute Gasteiger partial charge is 0.145 e. The minimum Gasteiger partial charge on any atom is -0.292 e. The Morgan fingerprint density at radius 2 is 0.725 bits per heavy atom. The molecule has 0 amide bonds. The van der Waals surface area contributed by atoms with Crippen molar-refractivity contribution >= 4 is 43.4 Å². The van der Waals surface area contributed by atoms with E-state index in [4.69, 9.17) is 4.98 Å². The van der Waals surface area contributed by atoms with Gasteiger partial charge in [0.25, 0.3) is 0 Å². The lowest BCUT2D eigenvalue weighted by molar-refractivity contribution is 1.10. The fraction of sp³-hybridized carbons (Fsp3) is 0. The second-order valence-corrected chi connectivity index (χ2v) is 18.2. The fourth-order valence-corrected chi connectivity index (χ4v) is 11.2. The molecule has 13 aromatic rings. The molecule has 0 radical (unpaired) electrons. The summed E-state index contributed by atoms with van der Waals surface area (Å²) in [6, 6.07) is 93.6. The highest BCUT2D eigenvalue weighted by Gasteiger charge is 2.24. The number of rotatable bonds is 5. The van der Waals surface area contributed by atoms with Crippen molar-refractivity contribution in [1.82, 2.24) is 9.55 Å². The van der Waals surface area contributed by atoms with E-state index in [1.807, 2.05) is 0 Å². The molecule has 14 rings (SSSR count). The van der Waals surface area contributed by atoms with Gasteiger partial charge in [-0.1, -0.05) is 212 Å². The van der Waals surface area contributed by atoms with E-state index in [0.29, 0.717) is 0 Å². The first-order valence-corrected chi connectivity index (χ1v) is 23.8. The molecule has 1 aliphatic carbocycles. The maximum absolute atomic E-state index is 5.17. The number of aromatic nitrogens is 2. The average molecular weight is 875 g/mol. The average Bonchev–Trinajstić information content (AvgIpc) is 3.82. The van der Waals surface area contributed by atoms with E-state index in [9.17, 15) is 0 Å². The molecule has 0 aliphatic heterocycles. The van der Waals surface area contributed by atoms with Gasteiger partial charge in [0, 0.05) is 11.3 Å². The third-order valence-corrected chi connectivity index (χ3v) is 14.4. The van der Waals surface area contributed by atoms with Crippen LogP contribution in [0, 0.1) is 0 Å². The van der Waals surface area contributed by atoms with Gasteiger partial charge in [0.1, 0.15) is 5.82 Å². The molecule has 0 bridgehead atoms. The van der Waals surface area contributed by atoms with Gasteiger partial charge in [-0.05, 0) is 153 Å². The molecule has 12 aromatic carbocycles. The lowest BCUT2D eigenvalue weighted by atomic mass is 9.79. The number of para-hydroxylation sites is 3. The summed E-state index contributed by atoms with van der Waals surface area (Å²) in [4.78, 5) is 5.17. The van der Waals surface area contributed by atoms with E-state index >= 15 is 0 Å².